The number of hydrogen-bond acceptors (Lipinski definition) is 3. The summed E-state index contributed by atoms with van der Waals surface area (Å²) in [6.07, 6.45) is 7.68. The van der Waals surface area contributed by atoms with Crippen molar-refractivity contribution in [3.63, 3.8) is 0 Å². The summed E-state index contributed by atoms with van der Waals surface area (Å²) in [5.74, 6) is 0.429. The van der Waals surface area contributed by atoms with Gasteiger partial charge in [-0.25, -0.2) is 4.98 Å². The van der Waals surface area contributed by atoms with Gasteiger partial charge in [-0.05, 0) is 37.0 Å². The third kappa shape index (κ3) is 2.66. The average molecular weight is 355 g/mol. The van der Waals surface area contributed by atoms with Crippen LogP contribution in [0, 0.1) is 5.92 Å². The van der Waals surface area contributed by atoms with Gasteiger partial charge in [0.05, 0.1) is 11.3 Å². The third-order valence-corrected chi connectivity index (χ3v) is 6.43. The molecule has 132 valence electrons. The Morgan fingerprint density at radius 3 is 2.64 bits per heavy atom. The van der Waals surface area contributed by atoms with Crippen LogP contribution in [0.1, 0.15) is 50.7 Å². The molecule has 2 aliphatic carbocycles. The van der Waals surface area contributed by atoms with Crippen molar-refractivity contribution in [1.29, 1.82) is 0 Å². The van der Waals surface area contributed by atoms with E-state index in [9.17, 15) is 4.79 Å². The van der Waals surface area contributed by atoms with Gasteiger partial charge in [0.2, 0.25) is 0 Å². The van der Waals surface area contributed by atoms with E-state index in [4.69, 9.17) is 4.98 Å². The van der Waals surface area contributed by atoms with Crippen molar-refractivity contribution in [1.82, 2.24) is 9.55 Å². The number of thioether (sulfide) groups is 1. The highest BCUT2D eigenvalue weighted by Crippen LogP contribution is 2.49. The fourth-order valence-electron chi connectivity index (χ4n) is 4.73. The Labute approximate surface area is 153 Å². The molecule has 1 heterocycles. The van der Waals surface area contributed by atoms with E-state index in [1.165, 1.54) is 24.0 Å². The summed E-state index contributed by atoms with van der Waals surface area (Å²) in [5.41, 5.74) is 4.69. The highest BCUT2D eigenvalue weighted by molar-refractivity contribution is 7.98. The molecule has 0 atom stereocenters. The summed E-state index contributed by atoms with van der Waals surface area (Å²) < 4.78 is 1.93. The number of benzene rings is 1. The van der Waals surface area contributed by atoms with E-state index >= 15 is 0 Å². The molecule has 0 amide bonds. The molecule has 1 spiro atoms. The minimum atomic E-state index is 0.00341. The largest absolute Gasteiger partial charge is 0.287 e. The van der Waals surface area contributed by atoms with Crippen LogP contribution in [0.25, 0.3) is 11.3 Å². The Morgan fingerprint density at radius 2 is 1.96 bits per heavy atom. The Balaban J connectivity index is 2.03. The lowest BCUT2D eigenvalue weighted by Gasteiger charge is -2.36. The molecule has 3 nitrogen and oxygen atoms in total. The molecule has 1 saturated carbocycles. The SMILES string of the molecule is CSc1nc2c(c(=O)n1CC(C)C)C1(CCCC1)Cc1ccccc1-2. The normalized spacial score (nSPS) is 17.8. The smallest absolute Gasteiger partial charge is 0.258 e. The van der Waals surface area contributed by atoms with Gasteiger partial charge in [0.25, 0.3) is 5.56 Å². The van der Waals surface area contributed by atoms with Gasteiger partial charge in [-0.2, -0.15) is 0 Å². The standard InChI is InChI=1S/C21H26N2OS/c1-14(2)13-23-19(24)17-18(22-20(23)25-3)16-9-5-4-8-15(16)12-21(17)10-6-7-11-21/h4-5,8-9,14H,6-7,10-13H2,1-3H3. The number of hydrogen-bond donors (Lipinski definition) is 0. The molecular weight excluding hydrogens is 328 g/mol. The van der Waals surface area contributed by atoms with Crippen molar-refractivity contribution in [2.45, 2.75) is 63.1 Å². The third-order valence-electron chi connectivity index (χ3n) is 5.76. The molecule has 0 saturated heterocycles. The number of nitrogens with zero attached hydrogens (tertiary/aromatic N) is 2. The van der Waals surface area contributed by atoms with Crippen LogP contribution in [-0.4, -0.2) is 15.8 Å². The minimum Gasteiger partial charge on any atom is -0.287 e. The minimum absolute atomic E-state index is 0.00341. The van der Waals surface area contributed by atoms with Crippen LogP contribution in [0.5, 0.6) is 0 Å². The van der Waals surface area contributed by atoms with E-state index in [1.807, 2.05) is 10.8 Å². The van der Waals surface area contributed by atoms with Crippen molar-refractivity contribution < 1.29 is 0 Å². The number of rotatable bonds is 3. The average Bonchev–Trinajstić information content (AvgIpc) is 3.05. The van der Waals surface area contributed by atoms with E-state index < -0.39 is 0 Å². The molecule has 4 rings (SSSR count). The van der Waals surface area contributed by atoms with E-state index in [-0.39, 0.29) is 11.0 Å². The van der Waals surface area contributed by atoms with Crippen molar-refractivity contribution in [3.05, 3.63) is 45.7 Å². The van der Waals surface area contributed by atoms with E-state index in [1.54, 1.807) is 11.8 Å². The predicted octanol–water partition coefficient (Wildman–Crippen LogP) is 4.66. The van der Waals surface area contributed by atoms with Crippen LogP contribution in [0.4, 0.5) is 0 Å². The molecule has 0 N–H and O–H groups in total. The summed E-state index contributed by atoms with van der Waals surface area (Å²) in [4.78, 5) is 18.6. The van der Waals surface area contributed by atoms with Gasteiger partial charge in [0.15, 0.2) is 5.16 Å². The molecule has 0 aliphatic heterocycles. The molecule has 1 aromatic heterocycles. The van der Waals surface area contributed by atoms with Gasteiger partial charge in [-0.3, -0.25) is 9.36 Å². The van der Waals surface area contributed by atoms with Crippen LogP contribution < -0.4 is 5.56 Å². The first kappa shape index (κ1) is 16.9. The number of fused-ring (bicyclic) bond motifs is 4. The maximum atomic E-state index is 13.6. The van der Waals surface area contributed by atoms with Crippen LogP contribution in [0.3, 0.4) is 0 Å². The quantitative estimate of drug-likeness (QED) is 0.594. The Hall–Kier alpha value is -1.55. The second kappa shape index (κ2) is 6.31. The summed E-state index contributed by atoms with van der Waals surface area (Å²) in [5, 5.41) is 0.849. The second-order valence-electron chi connectivity index (χ2n) is 7.95. The van der Waals surface area contributed by atoms with Gasteiger partial charge < -0.3 is 0 Å². The summed E-state index contributed by atoms with van der Waals surface area (Å²) in [6, 6.07) is 8.54. The zero-order chi connectivity index (χ0) is 17.6. The first-order valence-corrected chi connectivity index (χ1v) is 10.6. The monoisotopic (exact) mass is 354 g/mol. The predicted molar refractivity (Wildman–Crippen MR) is 104 cm³/mol. The highest BCUT2D eigenvalue weighted by atomic mass is 32.2. The Kier molecular flexibility index (Phi) is 4.27. The van der Waals surface area contributed by atoms with Crippen molar-refractivity contribution in [3.8, 4) is 11.3 Å². The molecule has 2 aromatic rings. The maximum Gasteiger partial charge on any atom is 0.258 e. The number of aromatic nitrogens is 2. The Bertz CT molecular complexity index is 863. The van der Waals surface area contributed by atoms with Crippen molar-refractivity contribution >= 4 is 11.8 Å². The zero-order valence-corrected chi connectivity index (χ0v) is 16.2. The van der Waals surface area contributed by atoms with Crippen molar-refractivity contribution in [2.75, 3.05) is 6.26 Å². The maximum absolute atomic E-state index is 13.6. The van der Waals surface area contributed by atoms with Crippen LogP contribution in [0.15, 0.2) is 34.2 Å². The molecule has 0 unspecified atom stereocenters. The van der Waals surface area contributed by atoms with Gasteiger partial charge in [-0.15, -0.1) is 0 Å². The van der Waals surface area contributed by atoms with Gasteiger partial charge in [0.1, 0.15) is 0 Å². The van der Waals surface area contributed by atoms with Crippen LogP contribution >= 0.6 is 11.8 Å². The summed E-state index contributed by atoms with van der Waals surface area (Å²) in [7, 11) is 0. The van der Waals surface area contributed by atoms with Gasteiger partial charge >= 0.3 is 0 Å². The molecule has 2 aliphatic rings. The van der Waals surface area contributed by atoms with Gasteiger partial charge in [-0.1, -0.05) is 62.7 Å². The summed E-state index contributed by atoms with van der Waals surface area (Å²) >= 11 is 1.58. The highest BCUT2D eigenvalue weighted by Gasteiger charge is 2.44. The lowest BCUT2D eigenvalue weighted by Crippen LogP contribution is -2.40. The molecule has 0 radical (unpaired) electrons. The van der Waals surface area contributed by atoms with Crippen molar-refractivity contribution in [2.24, 2.45) is 5.92 Å². The first-order chi connectivity index (χ1) is 12.1. The fourth-order valence-corrected chi connectivity index (χ4v) is 5.29. The Morgan fingerprint density at radius 1 is 1.24 bits per heavy atom. The molecule has 1 aromatic carbocycles. The van der Waals surface area contributed by atoms with E-state index in [0.717, 1.165) is 42.2 Å². The van der Waals surface area contributed by atoms with Crippen LogP contribution in [0.2, 0.25) is 0 Å². The first-order valence-electron chi connectivity index (χ1n) is 9.33. The topological polar surface area (TPSA) is 34.9 Å². The van der Waals surface area contributed by atoms with E-state index in [0.29, 0.717) is 5.92 Å². The molecular formula is C21H26N2OS. The van der Waals surface area contributed by atoms with Gasteiger partial charge in [0, 0.05) is 17.5 Å². The lowest BCUT2D eigenvalue weighted by atomic mass is 9.68. The van der Waals surface area contributed by atoms with E-state index in [2.05, 4.69) is 38.1 Å². The zero-order valence-electron chi connectivity index (χ0n) is 15.3. The molecule has 1 fully saturated rings. The van der Waals surface area contributed by atoms with Crippen LogP contribution in [-0.2, 0) is 18.4 Å². The molecule has 25 heavy (non-hydrogen) atoms. The summed E-state index contributed by atoms with van der Waals surface area (Å²) in [6.45, 7) is 5.07. The fraction of sp³-hybridized carbons (Fsp3) is 0.524. The molecule has 0 bridgehead atoms. The lowest BCUT2D eigenvalue weighted by molar-refractivity contribution is 0.404. The molecule has 4 heteroatoms. The second-order valence-corrected chi connectivity index (χ2v) is 8.73.